The van der Waals surface area contributed by atoms with Crippen LogP contribution < -0.4 is 5.32 Å². The summed E-state index contributed by atoms with van der Waals surface area (Å²) in [4.78, 5) is 13.6. The molecule has 0 spiro atoms. The Morgan fingerprint density at radius 1 is 1.50 bits per heavy atom. The van der Waals surface area contributed by atoms with Gasteiger partial charge in [-0.15, -0.1) is 0 Å². The Kier molecular flexibility index (Phi) is 4.36. The fourth-order valence-electron chi connectivity index (χ4n) is 3.28. The van der Waals surface area contributed by atoms with E-state index in [4.69, 9.17) is 11.6 Å². The molecule has 118 valence electrons. The average molecular weight is 321 g/mol. The van der Waals surface area contributed by atoms with Gasteiger partial charge < -0.3 is 5.32 Å². The smallest absolute Gasteiger partial charge is 0.217 e. The molecule has 1 saturated heterocycles. The molecule has 6 heteroatoms. The van der Waals surface area contributed by atoms with Crippen LogP contribution in [0.15, 0.2) is 18.2 Å². The number of rotatable bonds is 3. The first-order valence-corrected chi connectivity index (χ1v) is 8.02. The molecule has 0 aliphatic carbocycles. The van der Waals surface area contributed by atoms with Crippen LogP contribution in [0.4, 0.5) is 0 Å². The number of aromatic nitrogens is 2. The number of fused-ring (bicyclic) bond motifs is 1. The molecule has 1 fully saturated rings. The molecule has 1 N–H and O–H groups in total. The first kappa shape index (κ1) is 15.3. The first-order valence-electron chi connectivity index (χ1n) is 7.64. The van der Waals surface area contributed by atoms with Gasteiger partial charge in [0.15, 0.2) is 0 Å². The molecule has 0 bridgehead atoms. The van der Waals surface area contributed by atoms with Gasteiger partial charge in [0.2, 0.25) is 5.91 Å². The van der Waals surface area contributed by atoms with Crippen LogP contribution in [0.2, 0.25) is 5.02 Å². The molecule has 5 nitrogen and oxygen atoms in total. The largest absolute Gasteiger partial charge is 0.352 e. The Hall–Kier alpha value is -1.59. The third-order valence-electron chi connectivity index (χ3n) is 4.19. The molecule has 1 amide bonds. The highest BCUT2D eigenvalue weighted by atomic mass is 35.5. The van der Waals surface area contributed by atoms with Crippen molar-refractivity contribution in [3.05, 3.63) is 28.9 Å². The van der Waals surface area contributed by atoms with Crippen molar-refractivity contribution in [3.8, 4) is 0 Å². The van der Waals surface area contributed by atoms with E-state index >= 15 is 0 Å². The van der Waals surface area contributed by atoms with Crippen LogP contribution in [0.1, 0.15) is 25.5 Å². The van der Waals surface area contributed by atoms with Crippen LogP contribution in [0.3, 0.4) is 0 Å². The monoisotopic (exact) mass is 320 g/mol. The van der Waals surface area contributed by atoms with Gasteiger partial charge in [0.1, 0.15) is 0 Å². The zero-order chi connectivity index (χ0) is 15.7. The third-order valence-corrected chi connectivity index (χ3v) is 4.50. The molecule has 1 aromatic carbocycles. The molecule has 22 heavy (non-hydrogen) atoms. The number of hydrogen-bond donors (Lipinski definition) is 1. The molecule has 1 aliphatic rings. The number of carbonyl (C=O) groups is 1. The maximum Gasteiger partial charge on any atom is 0.217 e. The van der Waals surface area contributed by atoms with Crippen molar-refractivity contribution in [1.82, 2.24) is 20.0 Å². The van der Waals surface area contributed by atoms with Gasteiger partial charge in [-0.25, -0.2) is 0 Å². The van der Waals surface area contributed by atoms with Crippen LogP contribution >= 0.6 is 11.6 Å². The van der Waals surface area contributed by atoms with Crippen molar-refractivity contribution in [2.75, 3.05) is 13.1 Å². The number of hydrogen-bond acceptors (Lipinski definition) is 3. The van der Waals surface area contributed by atoms with E-state index in [1.165, 1.54) is 0 Å². The summed E-state index contributed by atoms with van der Waals surface area (Å²) in [5, 5.41) is 9.43. The van der Waals surface area contributed by atoms with E-state index in [1.54, 1.807) is 6.92 Å². The molecule has 3 rings (SSSR count). The number of halogens is 1. The highest BCUT2D eigenvalue weighted by Gasteiger charge is 2.22. The zero-order valence-corrected chi connectivity index (χ0v) is 13.7. The van der Waals surface area contributed by atoms with Gasteiger partial charge in [-0.3, -0.25) is 14.4 Å². The highest BCUT2D eigenvalue weighted by Crippen LogP contribution is 2.27. The van der Waals surface area contributed by atoms with Crippen molar-refractivity contribution in [2.45, 2.75) is 32.4 Å². The van der Waals surface area contributed by atoms with Crippen LogP contribution in [0.25, 0.3) is 10.9 Å². The number of nitrogens with one attached hydrogen (secondary N) is 1. The molecular weight excluding hydrogens is 300 g/mol. The van der Waals surface area contributed by atoms with Crippen molar-refractivity contribution in [1.29, 1.82) is 0 Å². The van der Waals surface area contributed by atoms with E-state index in [9.17, 15) is 4.79 Å². The number of aryl methyl sites for hydroxylation is 1. The van der Waals surface area contributed by atoms with Gasteiger partial charge in [-0.2, -0.15) is 5.10 Å². The summed E-state index contributed by atoms with van der Waals surface area (Å²) in [6.45, 7) is 4.23. The predicted molar refractivity (Wildman–Crippen MR) is 87.8 cm³/mol. The first-order chi connectivity index (χ1) is 10.5. The number of likely N-dealkylation sites (tertiary alicyclic amines) is 1. The topological polar surface area (TPSA) is 50.2 Å². The number of benzene rings is 1. The number of nitrogens with zero attached hydrogens (tertiary/aromatic N) is 3. The summed E-state index contributed by atoms with van der Waals surface area (Å²) >= 11 is 6.36. The minimum absolute atomic E-state index is 0.0400. The second kappa shape index (κ2) is 6.26. The molecule has 1 unspecified atom stereocenters. The van der Waals surface area contributed by atoms with Crippen molar-refractivity contribution >= 4 is 28.4 Å². The van der Waals surface area contributed by atoms with Crippen LogP contribution in [-0.4, -0.2) is 39.7 Å². The predicted octanol–water partition coefficient (Wildman–Crippen LogP) is 2.33. The van der Waals surface area contributed by atoms with Crippen molar-refractivity contribution in [2.24, 2.45) is 7.05 Å². The lowest BCUT2D eigenvalue weighted by molar-refractivity contribution is -0.120. The highest BCUT2D eigenvalue weighted by molar-refractivity contribution is 6.35. The van der Waals surface area contributed by atoms with Crippen molar-refractivity contribution in [3.63, 3.8) is 0 Å². The summed E-state index contributed by atoms with van der Waals surface area (Å²) in [5.74, 6) is 0.0400. The van der Waals surface area contributed by atoms with E-state index in [0.29, 0.717) is 0 Å². The Balaban J connectivity index is 1.80. The Bertz CT molecular complexity index is 697. The maximum atomic E-state index is 11.2. The minimum atomic E-state index is 0.0400. The van der Waals surface area contributed by atoms with Gasteiger partial charge >= 0.3 is 0 Å². The number of piperidine rings is 1. The molecule has 1 atom stereocenters. The summed E-state index contributed by atoms with van der Waals surface area (Å²) in [6.07, 6.45) is 2.13. The Labute approximate surface area is 135 Å². The average Bonchev–Trinajstić information content (AvgIpc) is 2.76. The second-order valence-corrected chi connectivity index (χ2v) is 6.39. The quantitative estimate of drug-likeness (QED) is 0.944. The molecule has 0 saturated carbocycles. The molecule has 0 radical (unpaired) electrons. The summed E-state index contributed by atoms with van der Waals surface area (Å²) in [6, 6.07) is 6.13. The van der Waals surface area contributed by atoms with Crippen LogP contribution in [0.5, 0.6) is 0 Å². The summed E-state index contributed by atoms with van der Waals surface area (Å²) < 4.78 is 1.88. The fraction of sp³-hybridized carbons (Fsp3) is 0.500. The third kappa shape index (κ3) is 3.10. The lowest BCUT2D eigenvalue weighted by Crippen LogP contribution is -2.46. The fourth-order valence-corrected chi connectivity index (χ4v) is 3.56. The van der Waals surface area contributed by atoms with Crippen LogP contribution in [-0.2, 0) is 18.4 Å². The Morgan fingerprint density at radius 2 is 2.32 bits per heavy atom. The van der Waals surface area contributed by atoms with Gasteiger partial charge in [0.05, 0.1) is 16.2 Å². The second-order valence-electron chi connectivity index (χ2n) is 5.98. The maximum absolute atomic E-state index is 11.2. The zero-order valence-electron chi connectivity index (χ0n) is 13.0. The minimum Gasteiger partial charge on any atom is -0.352 e. The van der Waals surface area contributed by atoms with E-state index in [0.717, 1.165) is 54.1 Å². The molecule has 2 aromatic rings. The van der Waals surface area contributed by atoms with Gasteiger partial charge in [-0.05, 0) is 31.5 Å². The SMILES string of the molecule is CC(=O)NC1CCCN(Cc2nn(C)c3cccc(Cl)c23)C1. The van der Waals surface area contributed by atoms with E-state index in [2.05, 4.69) is 15.3 Å². The van der Waals surface area contributed by atoms with Crippen molar-refractivity contribution < 1.29 is 4.79 Å². The van der Waals surface area contributed by atoms with Gasteiger partial charge in [-0.1, -0.05) is 17.7 Å². The van der Waals surface area contributed by atoms with Gasteiger partial charge in [0.25, 0.3) is 0 Å². The Morgan fingerprint density at radius 3 is 3.09 bits per heavy atom. The van der Waals surface area contributed by atoms with E-state index in [1.807, 2.05) is 29.9 Å². The van der Waals surface area contributed by atoms with Gasteiger partial charge in [0, 0.05) is 38.5 Å². The number of amides is 1. The molecule has 2 heterocycles. The van der Waals surface area contributed by atoms with Crippen LogP contribution in [0, 0.1) is 0 Å². The van der Waals surface area contributed by atoms with E-state index in [-0.39, 0.29) is 11.9 Å². The standard InChI is InChI=1S/C16H21ClN4O/c1-11(22)18-12-5-4-8-21(9-12)10-14-16-13(17)6-3-7-15(16)20(2)19-14/h3,6-7,12H,4-5,8-10H2,1-2H3,(H,18,22). The molecular formula is C16H21ClN4O. The lowest BCUT2D eigenvalue weighted by Gasteiger charge is -2.32. The lowest BCUT2D eigenvalue weighted by atomic mass is 10.1. The molecule has 1 aromatic heterocycles. The summed E-state index contributed by atoms with van der Waals surface area (Å²) in [7, 11) is 1.94. The molecule has 1 aliphatic heterocycles. The summed E-state index contributed by atoms with van der Waals surface area (Å²) in [5.41, 5.74) is 2.06. The van der Waals surface area contributed by atoms with E-state index < -0.39 is 0 Å². The normalized spacial score (nSPS) is 19.5. The number of carbonyl (C=O) groups excluding carboxylic acids is 1.